The van der Waals surface area contributed by atoms with Crippen LogP contribution in [0.4, 0.5) is 13.2 Å². The summed E-state index contributed by atoms with van der Waals surface area (Å²) in [7, 11) is 0. The van der Waals surface area contributed by atoms with Crippen LogP contribution in [0, 0.1) is 0 Å². The largest absolute Gasteiger partial charge is 0.416 e. The normalized spacial score (nSPS) is 21.7. The Morgan fingerprint density at radius 1 is 1.37 bits per heavy atom. The molecule has 0 saturated carbocycles. The number of piperidine rings is 1. The van der Waals surface area contributed by atoms with Crippen molar-refractivity contribution in [1.29, 1.82) is 0 Å². The minimum Gasteiger partial charge on any atom is -0.300 e. The molecule has 104 valence electrons. The summed E-state index contributed by atoms with van der Waals surface area (Å²) >= 11 is 0. The average Bonchev–Trinajstić information content (AvgIpc) is 2.32. The molecule has 0 N–H and O–H groups in total. The molecule has 0 amide bonds. The zero-order valence-electron chi connectivity index (χ0n) is 10.7. The number of carbonyl (C=O) groups excluding carboxylic acids is 1. The maximum absolute atomic E-state index is 12.6. The zero-order chi connectivity index (χ0) is 14.0. The van der Waals surface area contributed by atoms with Gasteiger partial charge in [-0.3, -0.25) is 9.69 Å². The van der Waals surface area contributed by atoms with E-state index in [1.165, 1.54) is 12.1 Å². The van der Waals surface area contributed by atoms with Crippen LogP contribution < -0.4 is 0 Å². The first-order valence-electron chi connectivity index (χ1n) is 6.28. The number of alkyl halides is 3. The lowest BCUT2D eigenvalue weighted by Gasteiger charge is -2.32. The van der Waals surface area contributed by atoms with Crippen LogP contribution in [0.3, 0.4) is 0 Å². The van der Waals surface area contributed by atoms with Crippen molar-refractivity contribution in [3.63, 3.8) is 0 Å². The van der Waals surface area contributed by atoms with Gasteiger partial charge in [-0.15, -0.1) is 0 Å². The zero-order valence-corrected chi connectivity index (χ0v) is 10.7. The fourth-order valence-electron chi connectivity index (χ4n) is 2.36. The molecule has 1 unspecified atom stereocenters. The van der Waals surface area contributed by atoms with Crippen LogP contribution in [0.25, 0.3) is 0 Å². The van der Waals surface area contributed by atoms with Gasteiger partial charge in [0.15, 0.2) is 0 Å². The van der Waals surface area contributed by atoms with Gasteiger partial charge in [0.25, 0.3) is 0 Å². The predicted molar refractivity (Wildman–Crippen MR) is 65.6 cm³/mol. The molecule has 1 heterocycles. The molecule has 2 nitrogen and oxygen atoms in total. The van der Waals surface area contributed by atoms with Crippen molar-refractivity contribution in [2.45, 2.75) is 38.5 Å². The van der Waals surface area contributed by atoms with Crippen LogP contribution in [0.2, 0.25) is 0 Å². The summed E-state index contributed by atoms with van der Waals surface area (Å²) < 4.78 is 37.8. The van der Waals surface area contributed by atoms with E-state index >= 15 is 0 Å². The quantitative estimate of drug-likeness (QED) is 0.823. The second-order valence-electron chi connectivity index (χ2n) is 5.01. The SMILES string of the molecule is CC1CC(=O)CCN1Cc1cccc(C(F)(F)F)c1. The summed E-state index contributed by atoms with van der Waals surface area (Å²) in [6, 6.07) is 5.47. The van der Waals surface area contributed by atoms with Gasteiger partial charge in [-0.2, -0.15) is 13.2 Å². The number of likely N-dealkylation sites (tertiary alicyclic amines) is 1. The Morgan fingerprint density at radius 3 is 2.74 bits per heavy atom. The van der Waals surface area contributed by atoms with Crippen molar-refractivity contribution >= 4 is 5.78 Å². The van der Waals surface area contributed by atoms with E-state index < -0.39 is 11.7 Å². The summed E-state index contributed by atoms with van der Waals surface area (Å²) in [4.78, 5) is 13.3. The number of rotatable bonds is 2. The molecule has 0 bridgehead atoms. The molecule has 0 radical (unpaired) electrons. The van der Waals surface area contributed by atoms with Crippen molar-refractivity contribution in [2.24, 2.45) is 0 Å². The number of Topliss-reactive ketones (excluding diaryl/α,β-unsaturated/α-hetero) is 1. The Morgan fingerprint density at radius 2 is 2.11 bits per heavy atom. The van der Waals surface area contributed by atoms with Crippen molar-refractivity contribution in [2.75, 3.05) is 6.54 Å². The summed E-state index contributed by atoms with van der Waals surface area (Å²) in [6.45, 7) is 3.01. The van der Waals surface area contributed by atoms with Gasteiger partial charge >= 0.3 is 6.18 Å². The highest BCUT2D eigenvalue weighted by molar-refractivity contribution is 5.79. The lowest BCUT2D eigenvalue weighted by Crippen LogP contribution is -2.40. The van der Waals surface area contributed by atoms with Gasteiger partial charge in [0.2, 0.25) is 0 Å². The summed E-state index contributed by atoms with van der Waals surface area (Å²) in [5, 5.41) is 0. The molecule has 1 aliphatic rings. The highest BCUT2D eigenvalue weighted by atomic mass is 19.4. The van der Waals surface area contributed by atoms with E-state index in [0.29, 0.717) is 31.5 Å². The molecule has 19 heavy (non-hydrogen) atoms. The maximum Gasteiger partial charge on any atom is 0.416 e. The second-order valence-corrected chi connectivity index (χ2v) is 5.01. The fourth-order valence-corrected chi connectivity index (χ4v) is 2.36. The van der Waals surface area contributed by atoms with Crippen LogP contribution in [0.1, 0.15) is 30.9 Å². The van der Waals surface area contributed by atoms with Crippen LogP contribution in [-0.4, -0.2) is 23.3 Å². The van der Waals surface area contributed by atoms with E-state index in [4.69, 9.17) is 0 Å². The topological polar surface area (TPSA) is 20.3 Å². The van der Waals surface area contributed by atoms with E-state index in [-0.39, 0.29) is 11.8 Å². The van der Waals surface area contributed by atoms with Gasteiger partial charge in [0.1, 0.15) is 5.78 Å². The minimum atomic E-state index is -4.31. The molecule has 5 heteroatoms. The molecule has 1 aromatic rings. The van der Waals surface area contributed by atoms with Gasteiger partial charge in [-0.05, 0) is 18.6 Å². The molecule has 1 fully saturated rings. The predicted octanol–water partition coefficient (Wildman–Crippen LogP) is 3.26. The third-order valence-electron chi connectivity index (χ3n) is 3.46. The van der Waals surface area contributed by atoms with Crippen molar-refractivity contribution in [1.82, 2.24) is 4.90 Å². The van der Waals surface area contributed by atoms with Crippen LogP contribution in [0.15, 0.2) is 24.3 Å². The van der Waals surface area contributed by atoms with Crippen molar-refractivity contribution < 1.29 is 18.0 Å². The van der Waals surface area contributed by atoms with E-state index in [2.05, 4.69) is 4.90 Å². The number of hydrogen-bond donors (Lipinski definition) is 0. The number of hydrogen-bond acceptors (Lipinski definition) is 2. The fraction of sp³-hybridized carbons (Fsp3) is 0.500. The molecular formula is C14H16F3NO. The Balaban J connectivity index is 2.09. The monoisotopic (exact) mass is 271 g/mol. The van der Waals surface area contributed by atoms with Crippen molar-refractivity contribution in [3.8, 4) is 0 Å². The summed E-state index contributed by atoms with van der Waals surface area (Å²) in [5.41, 5.74) is 0.0155. The smallest absolute Gasteiger partial charge is 0.300 e. The molecule has 1 atom stereocenters. The van der Waals surface area contributed by atoms with Crippen LogP contribution in [0.5, 0.6) is 0 Å². The molecular weight excluding hydrogens is 255 g/mol. The van der Waals surface area contributed by atoms with E-state index in [9.17, 15) is 18.0 Å². The Hall–Kier alpha value is -1.36. The Labute approximate surface area is 110 Å². The average molecular weight is 271 g/mol. The minimum absolute atomic E-state index is 0.0933. The third kappa shape index (κ3) is 3.56. The Bertz CT molecular complexity index is 470. The van der Waals surface area contributed by atoms with Crippen LogP contribution in [-0.2, 0) is 17.5 Å². The standard InChI is InChI=1S/C14H16F3NO/c1-10-7-13(19)5-6-18(10)9-11-3-2-4-12(8-11)14(15,16)17/h2-4,8,10H,5-7,9H2,1H3. The lowest BCUT2D eigenvalue weighted by atomic mass is 10.0. The molecule has 1 aromatic carbocycles. The molecule has 0 aromatic heterocycles. The van der Waals surface area contributed by atoms with Gasteiger partial charge in [-0.25, -0.2) is 0 Å². The van der Waals surface area contributed by atoms with Gasteiger partial charge in [0.05, 0.1) is 5.56 Å². The first-order chi connectivity index (χ1) is 8.86. The summed E-state index contributed by atoms with van der Waals surface area (Å²) in [5.74, 6) is 0.229. The number of halogens is 3. The molecule has 2 rings (SSSR count). The van der Waals surface area contributed by atoms with Gasteiger partial charge < -0.3 is 0 Å². The Kier molecular flexibility index (Phi) is 3.94. The number of nitrogens with zero attached hydrogens (tertiary/aromatic N) is 1. The lowest BCUT2D eigenvalue weighted by molar-refractivity contribution is -0.137. The van der Waals surface area contributed by atoms with E-state index in [1.807, 2.05) is 6.92 Å². The van der Waals surface area contributed by atoms with E-state index in [0.717, 1.165) is 6.07 Å². The highest BCUT2D eigenvalue weighted by Gasteiger charge is 2.30. The molecule has 0 spiro atoms. The van der Waals surface area contributed by atoms with Gasteiger partial charge in [0, 0.05) is 32.0 Å². The van der Waals surface area contributed by atoms with Crippen LogP contribution >= 0.6 is 0 Å². The maximum atomic E-state index is 12.6. The molecule has 0 aliphatic carbocycles. The first-order valence-corrected chi connectivity index (χ1v) is 6.28. The van der Waals surface area contributed by atoms with Gasteiger partial charge in [-0.1, -0.05) is 18.2 Å². The summed E-state index contributed by atoms with van der Waals surface area (Å²) in [6.07, 6.45) is -3.33. The second kappa shape index (κ2) is 5.33. The number of benzene rings is 1. The first kappa shape index (κ1) is 14.1. The highest BCUT2D eigenvalue weighted by Crippen LogP contribution is 2.30. The number of carbonyl (C=O) groups is 1. The van der Waals surface area contributed by atoms with Crippen molar-refractivity contribution in [3.05, 3.63) is 35.4 Å². The third-order valence-corrected chi connectivity index (χ3v) is 3.46. The molecule has 1 saturated heterocycles. The molecule has 1 aliphatic heterocycles. The number of ketones is 1. The van der Waals surface area contributed by atoms with E-state index in [1.54, 1.807) is 6.07 Å².